The molecule has 0 saturated carbocycles. The van der Waals surface area contributed by atoms with E-state index in [0.29, 0.717) is 24.7 Å². The number of halogens is 1. The van der Waals surface area contributed by atoms with E-state index in [4.69, 9.17) is 26.8 Å². The van der Waals surface area contributed by atoms with E-state index in [1.165, 1.54) is 0 Å². The van der Waals surface area contributed by atoms with Gasteiger partial charge in [-0.1, -0.05) is 30.5 Å². The van der Waals surface area contributed by atoms with Crippen molar-refractivity contribution < 1.29 is 14.3 Å². The Morgan fingerprint density at radius 3 is 2.30 bits per heavy atom. The van der Waals surface area contributed by atoms with Crippen molar-refractivity contribution in [2.45, 2.75) is 19.3 Å². The summed E-state index contributed by atoms with van der Waals surface area (Å²) < 4.78 is 13.4. The quantitative estimate of drug-likeness (QED) is 0.269. The fraction of sp³-hybridized carbons (Fsp3) is 0.227. The molecule has 1 heterocycles. The first kappa shape index (κ1) is 22.3. The van der Waals surface area contributed by atoms with Crippen molar-refractivity contribution in [3.8, 4) is 21.9 Å². The smallest absolute Gasteiger partial charge is 0.329 e. The zero-order valence-corrected chi connectivity index (χ0v) is 18.8. The minimum atomic E-state index is -0.638. The van der Waals surface area contributed by atoms with Crippen molar-refractivity contribution in [2.75, 3.05) is 17.5 Å². The second-order valence-corrected chi connectivity index (χ2v) is 8.65. The number of urea groups is 1. The van der Waals surface area contributed by atoms with Gasteiger partial charge in [-0.25, -0.2) is 9.10 Å². The van der Waals surface area contributed by atoms with Crippen LogP contribution in [-0.4, -0.2) is 19.2 Å². The SMILES string of the molecule is NC(=O)N(S)c1cccc(OCCCCCOc2ccc(-c3ccc(Cl)s3)cc2)c1. The Morgan fingerprint density at radius 1 is 0.967 bits per heavy atom. The molecule has 0 aliphatic carbocycles. The van der Waals surface area contributed by atoms with Crippen LogP contribution in [-0.2, 0) is 0 Å². The Bertz CT molecular complexity index is 963. The van der Waals surface area contributed by atoms with Crippen molar-refractivity contribution in [3.63, 3.8) is 0 Å². The molecule has 0 aliphatic rings. The minimum Gasteiger partial charge on any atom is -0.494 e. The van der Waals surface area contributed by atoms with E-state index in [-0.39, 0.29) is 0 Å². The number of thiol groups is 1. The third-order valence-electron chi connectivity index (χ3n) is 4.31. The lowest BCUT2D eigenvalue weighted by Crippen LogP contribution is -2.27. The molecule has 0 unspecified atom stereocenters. The summed E-state index contributed by atoms with van der Waals surface area (Å²) in [7, 11) is 0. The maximum Gasteiger partial charge on any atom is 0.329 e. The number of primary amides is 1. The molecule has 3 rings (SSSR count). The summed E-state index contributed by atoms with van der Waals surface area (Å²) in [6, 6.07) is 18.4. The first-order chi connectivity index (χ1) is 14.5. The summed E-state index contributed by atoms with van der Waals surface area (Å²) in [6.45, 7) is 1.25. The second kappa shape index (κ2) is 11.2. The van der Waals surface area contributed by atoms with Gasteiger partial charge < -0.3 is 15.2 Å². The fourth-order valence-electron chi connectivity index (χ4n) is 2.78. The van der Waals surface area contributed by atoms with Gasteiger partial charge in [-0.3, -0.25) is 0 Å². The van der Waals surface area contributed by atoms with Crippen LogP contribution in [0.1, 0.15) is 19.3 Å². The minimum absolute atomic E-state index is 0.574. The summed E-state index contributed by atoms with van der Waals surface area (Å²) in [6.07, 6.45) is 2.84. The maximum atomic E-state index is 11.2. The Morgan fingerprint density at radius 2 is 1.67 bits per heavy atom. The molecule has 0 spiro atoms. The van der Waals surface area contributed by atoms with Crippen LogP contribution in [0.5, 0.6) is 11.5 Å². The van der Waals surface area contributed by atoms with Crippen molar-refractivity contribution in [1.29, 1.82) is 0 Å². The number of nitrogens with two attached hydrogens (primary N) is 1. The molecule has 2 amide bonds. The predicted molar refractivity (Wildman–Crippen MR) is 127 cm³/mol. The van der Waals surface area contributed by atoms with Gasteiger partial charge in [0.2, 0.25) is 0 Å². The number of carbonyl (C=O) groups excluding carboxylic acids is 1. The monoisotopic (exact) mass is 462 g/mol. The number of amides is 2. The highest BCUT2D eigenvalue weighted by molar-refractivity contribution is 7.82. The molecule has 1 aromatic heterocycles. The first-order valence-corrected chi connectivity index (χ1v) is 11.1. The van der Waals surface area contributed by atoms with Crippen molar-refractivity contribution in [3.05, 3.63) is 65.0 Å². The van der Waals surface area contributed by atoms with Crippen LogP contribution in [0.4, 0.5) is 10.5 Å². The van der Waals surface area contributed by atoms with Gasteiger partial charge >= 0.3 is 6.03 Å². The summed E-state index contributed by atoms with van der Waals surface area (Å²) >= 11 is 11.6. The largest absolute Gasteiger partial charge is 0.494 e. The third-order valence-corrected chi connectivity index (χ3v) is 6.02. The fourth-order valence-corrected chi connectivity index (χ4v) is 3.95. The van der Waals surface area contributed by atoms with Crippen LogP contribution in [0.3, 0.4) is 0 Å². The zero-order valence-electron chi connectivity index (χ0n) is 16.3. The first-order valence-electron chi connectivity index (χ1n) is 9.53. The van der Waals surface area contributed by atoms with Gasteiger partial charge in [0.1, 0.15) is 11.5 Å². The molecule has 0 atom stereocenters. The summed E-state index contributed by atoms with van der Waals surface area (Å²) in [5.74, 6) is 1.54. The Kier molecular flexibility index (Phi) is 8.30. The predicted octanol–water partition coefficient (Wildman–Crippen LogP) is 6.43. The highest BCUT2D eigenvalue weighted by Gasteiger charge is 2.08. The molecular weight excluding hydrogens is 440 g/mol. The maximum absolute atomic E-state index is 11.2. The molecule has 0 radical (unpaired) electrons. The van der Waals surface area contributed by atoms with Gasteiger partial charge in [-0.05, 0) is 73.4 Å². The molecule has 0 saturated heterocycles. The third kappa shape index (κ3) is 6.58. The lowest BCUT2D eigenvalue weighted by molar-refractivity contribution is 0.257. The molecule has 0 fully saturated rings. The van der Waals surface area contributed by atoms with Crippen molar-refractivity contribution in [2.24, 2.45) is 5.73 Å². The van der Waals surface area contributed by atoms with Crippen LogP contribution < -0.4 is 19.5 Å². The molecule has 2 aromatic carbocycles. The number of hydrogen-bond donors (Lipinski definition) is 2. The molecule has 158 valence electrons. The number of nitrogens with zero attached hydrogens (tertiary/aromatic N) is 1. The van der Waals surface area contributed by atoms with E-state index < -0.39 is 6.03 Å². The van der Waals surface area contributed by atoms with Gasteiger partial charge in [-0.2, -0.15) is 0 Å². The number of ether oxygens (including phenoxy) is 2. The highest BCUT2D eigenvalue weighted by Crippen LogP contribution is 2.31. The molecule has 3 aromatic rings. The summed E-state index contributed by atoms with van der Waals surface area (Å²) in [5, 5.41) is 0. The van der Waals surface area contributed by atoms with Gasteiger partial charge in [-0.15, -0.1) is 11.3 Å². The average molecular weight is 463 g/mol. The van der Waals surface area contributed by atoms with Crippen LogP contribution in [0.2, 0.25) is 4.34 Å². The van der Waals surface area contributed by atoms with E-state index >= 15 is 0 Å². The number of carbonyl (C=O) groups is 1. The van der Waals surface area contributed by atoms with Crippen LogP contribution in [0.15, 0.2) is 60.7 Å². The number of anilines is 1. The second-order valence-electron chi connectivity index (χ2n) is 6.53. The van der Waals surface area contributed by atoms with E-state index in [1.807, 2.05) is 42.5 Å². The lowest BCUT2D eigenvalue weighted by Gasteiger charge is -2.14. The summed E-state index contributed by atoms with van der Waals surface area (Å²) in [5.41, 5.74) is 6.93. The van der Waals surface area contributed by atoms with Crippen LogP contribution >= 0.6 is 35.8 Å². The molecule has 0 aliphatic heterocycles. The molecule has 30 heavy (non-hydrogen) atoms. The zero-order chi connectivity index (χ0) is 21.3. The van der Waals surface area contributed by atoms with Gasteiger partial charge in [0.05, 0.1) is 23.2 Å². The van der Waals surface area contributed by atoms with Crippen molar-refractivity contribution >= 4 is 47.5 Å². The standard InChI is InChI=1S/C22H23ClN2O3S2/c23-21-12-11-20(30-21)16-7-9-18(10-8-16)27-13-2-1-3-14-28-19-6-4-5-17(15-19)25(29)22(24)26/h4-12,15,29H,1-3,13-14H2,(H2,24,26). The molecule has 2 N–H and O–H groups in total. The Balaban J connectivity index is 1.32. The van der Waals surface area contributed by atoms with Crippen molar-refractivity contribution in [1.82, 2.24) is 0 Å². The Labute approximate surface area is 190 Å². The lowest BCUT2D eigenvalue weighted by atomic mass is 10.2. The number of benzene rings is 2. The topological polar surface area (TPSA) is 64.8 Å². The molecule has 5 nitrogen and oxygen atoms in total. The van der Waals surface area contributed by atoms with Crippen LogP contribution in [0.25, 0.3) is 10.4 Å². The average Bonchev–Trinajstić information content (AvgIpc) is 3.19. The normalized spacial score (nSPS) is 10.6. The van der Waals surface area contributed by atoms with E-state index in [2.05, 4.69) is 12.8 Å². The van der Waals surface area contributed by atoms with Crippen LogP contribution in [0, 0.1) is 0 Å². The van der Waals surface area contributed by atoms with Gasteiger partial charge in [0.15, 0.2) is 0 Å². The highest BCUT2D eigenvalue weighted by atomic mass is 35.5. The molecule has 8 heteroatoms. The molecular formula is C22H23ClN2O3S2. The number of thiophene rings is 1. The number of rotatable bonds is 10. The Hall–Kier alpha value is -2.35. The summed E-state index contributed by atoms with van der Waals surface area (Å²) in [4.78, 5) is 12.3. The van der Waals surface area contributed by atoms with E-state index in [9.17, 15) is 4.79 Å². The van der Waals surface area contributed by atoms with Gasteiger partial charge in [0.25, 0.3) is 0 Å². The number of hydrogen-bond acceptors (Lipinski definition) is 5. The van der Waals surface area contributed by atoms with Gasteiger partial charge in [0, 0.05) is 10.9 Å². The molecule has 0 bridgehead atoms. The van der Waals surface area contributed by atoms with E-state index in [0.717, 1.165) is 44.1 Å². The van der Waals surface area contributed by atoms with E-state index in [1.54, 1.807) is 29.5 Å². The number of unbranched alkanes of at least 4 members (excludes halogenated alkanes) is 2.